The van der Waals surface area contributed by atoms with Gasteiger partial charge in [0, 0.05) is 103 Å². The molecule has 20 heteroatoms. The third-order valence-electron chi connectivity index (χ3n) is 10.1. The zero-order chi connectivity index (χ0) is 43.8. The van der Waals surface area contributed by atoms with Crippen LogP contribution < -0.4 is 0 Å². The Bertz CT molecular complexity index is 1010. The molecule has 4 fully saturated rings. The number of halogens is 1. The maximum atomic E-state index is 6.01. The van der Waals surface area contributed by atoms with Crippen LogP contribution in [0.4, 0.5) is 0 Å². The van der Waals surface area contributed by atoms with Gasteiger partial charge in [0.05, 0.1) is 64.1 Å². The highest BCUT2D eigenvalue weighted by Gasteiger charge is 2.46. The largest absolute Gasteiger partial charge is 0.382 e. The number of alkyl halides is 1. The minimum atomic E-state index is -0.547. The van der Waals surface area contributed by atoms with Gasteiger partial charge in [-0.15, -0.1) is 0 Å². The molecule has 0 N–H and O–H groups in total. The molecule has 0 aromatic carbocycles. The minimum absolute atomic E-state index is 0. The van der Waals surface area contributed by atoms with Crippen LogP contribution in [0.25, 0.3) is 0 Å². The van der Waals surface area contributed by atoms with Gasteiger partial charge in [-0.05, 0) is 18.3 Å². The summed E-state index contributed by atoms with van der Waals surface area (Å²) in [5, 5.41) is 1.72. The second-order valence-corrected chi connectivity index (χ2v) is 15.5. The van der Waals surface area contributed by atoms with E-state index in [0.717, 1.165) is 0 Å². The summed E-state index contributed by atoms with van der Waals surface area (Å²) in [5.41, 5.74) is 0. The molecule has 4 heterocycles. The lowest BCUT2D eigenvalue weighted by molar-refractivity contribution is -0.186. The van der Waals surface area contributed by atoms with Crippen molar-refractivity contribution in [3.05, 3.63) is 0 Å². The highest BCUT2D eigenvalue weighted by Crippen LogP contribution is 2.30. The monoisotopic (exact) mass is 981 g/mol. The zero-order valence-electron chi connectivity index (χ0n) is 37.4. The molecule has 17 nitrogen and oxygen atoms in total. The van der Waals surface area contributed by atoms with Crippen molar-refractivity contribution in [2.45, 2.75) is 127 Å². The molecular formula is C40H82B2INO16. The van der Waals surface area contributed by atoms with Crippen LogP contribution in [0.1, 0.15) is 35.6 Å². The molecule has 4 saturated heterocycles. The van der Waals surface area contributed by atoms with Gasteiger partial charge in [-0.3, -0.25) is 4.84 Å². The number of rotatable bonds is 21. The molecular weight excluding hydrogens is 899 g/mol. The van der Waals surface area contributed by atoms with Crippen LogP contribution in [0.5, 0.6) is 0 Å². The summed E-state index contributed by atoms with van der Waals surface area (Å²) in [6, 6.07) is -1.04. The molecule has 0 aromatic heterocycles. The summed E-state index contributed by atoms with van der Waals surface area (Å²) in [4.78, 5) is 5.84. The molecule has 0 spiro atoms. The minimum Gasteiger partial charge on any atom is -0.382 e. The van der Waals surface area contributed by atoms with Gasteiger partial charge in [-0.25, -0.2) is 0 Å². The fourth-order valence-electron chi connectivity index (χ4n) is 7.50. The molecule has 4 radical (unpaired) electrons. The molecule has 0 aromatic rings. The Morgan fingerprint density at radius 3 is 1.33 bits per heavy atom. The van der Waals surface area contributed by atoms with Crippen molar-refractivity contribution < 1.29 is 75.9 Å². The molecule has 4 unspecified atom stereocenters. The molecule has 0 aliphatic carbocycles. The molecule has 60 heavy (non-hydrogen) atoms. The maximum absolute atomic E-state index is 6.01. The SMILES string of the molecule is C.C.CCI.COCC1O[C@@H](C)[C@H](OC)[C@@H]1OC.COCCO[C@H]1[C@H](C)OC(COC)[C@H]1OC.[B][C@@H]1OC(COC)[C@@H](CN(C)OCC2O[C@@H]([B])[C@H](OC)[C@@H]2OC)[C@H]1OC. The van der Waals surface area contributed by atoms with E-state index in [0.29, 0.717) is 39.6 Å². The Hall–Kier alpha value is 0.180. The van der Waals surface area contributed by atoms with Gasteiger partial charge in [0.1, 0.15) is 70.6 Å². The number of hydroxylamine groups is 2. The van der Waals surface area contributed by atoms with E-state index in [2.05, 4.69) is 29.5 Å². The van der Waals surface area contributed by atoms with Crippen LogP contribution >= 0.6 is 22.6 Å². The summed E-state index contributed by atoms with van der Waals surface area (Å²) in [5.74, 6) is 0.0108. The summed E-state index contributed by atoms with van der Waals surface area (Å²) in [6.45, 7) is 9.56. The number of ether oxygens (including phenoxy) is 15. The van der Waals surface area contributed by atoms with E-state index in [1.165, 1.54) is 4.43 Å². The number of methoxy groups -OCH3 is 10. The molecule has 356 valence electrons. The normalized spacial score (nSPS) is 35.7. The summed E-state index contributed by atoms with van der Waals surface area (Å²) in [6.07, 6.45) is -1.49. The molecule has 4 rings (SSSR count). The van der Waals surface area contributed by atoms with Gasteiger partial charge in [0.2, 0.25) is 0 Å². The third-order valence-corrected chi connectivity index (χ3v) is 10.1. The lowest BCUT2D eigenvalue weighted by atomic mass is 9.87. The Morgan fingerprint density at radius 2 is 0.883 bits per heavy atom. The lowest BCUT2D eigenvalue weighted by Gasteiger charge is -2.28. The van der Waals surface area contributed by atoms with Gasteiger partial charge < -0.3 is 71.1 Å². The third kappa shape index (κ3) is 19.3. The predicted molar refractivity (Wildman–Crippen MR) is 240 cm³/mol. The summed E-state index contributed by atoms with van der Waals surface area (Å²) < 4.78 is 82.4. The van der Waals surface area contributed by atoms with Crippen LogP contribution in [0, 0.1) is 5.92 Å². The van der Waals surface area contributed by atoms with Crippen molar-refractivity contribution in [2.75, 3.05) is 129 Å². The van der Waals surface area contributed by atoms with Crippen LogP contribution in [0.15, 0.2) is 0 Å². The van der Waals surface area contributed by atoms with Crippen LogP contribution in [-0.4, -0.2) is 241 Å². The molecule has 16 atom stereocenters. The first-order valence-corrected chi connectivity index (χ1v) is 21.2. The highest BCUT2D eigenvalue weighted by molar-refractivity contribution is 14.1. The van der Waals surface area contributed by atoms with E-state index in [1.54, 1.807) is 76.2 Å². The Morgan fingerprint density at radius 1 is 0.500 bits per heavy atom. The first-order valence-electron chi connectivity index (χ1n) is 19.6. The number of hydrogen-bond donors (Lipinski definition) is 0. The first kappa shape index (κ1) is 62.3. The van der Waals surface area contributed by atoms with Crippen molar-refractivity contribution in [1.29, 1.82) is 0 Å². The van der Waals surface area contributed by atoms with Crippen LogP contribution in [0.2, 0.25) is 0 Å². The lowest BCUT2D eigenvalue weighted by Crippen LogP contribution is -2.42. The van der Waals surface area contributed by atoms with Crippen molar-refractivity contribution in [1.82, 2.24) is 5.06 Å². The van der Waals surface area contributed by atoms with E-state index >= 15 is 0 Å². The maximum Gasteiger partial charge on any atom is 0.114 e. The smallest absolute Gasteiger partial charge is 0.114 e. The topological polar surface area (TPSA) is 151 Å². The quantitative estimate of drug-likeness (QED) is 0.0545. The van der Waals surface area contributed by atoms with Gasteiger partial charge in [-0.1, -0.05) is 44.4 Å². The van der Waals surface area contributed by atoms with Crippen molar-refractivity contribution in [2.24, 2.45) is 5.92 Å². The van der Waals surface area contributed by atoms with E-state index in [-0.39, 0.29) is 107 Å². The molecule has 4 aliphatic heterocycles. The standard InChI is InChI=1S/C16H29B2NO7.C11H22O5.C9H18O4.C2H5I.2CH4/c1-19(6-9-10(7-20-2)25-15(17)12(9)21-3)24-8-11-13(22-4)14(23-5)16(18)26-11;1-8-10(15-6-5-12-2)11(14-4)9(16-8)7-13-3;1-6-8(11-3)9(12-4)7(13-6)5-10-2;1-2-3;;/h9-16H,6-8H2,1-5H3;8-11H,5-7H2,1-4H3;6-9H,5H2,1-4H3;2H2,1H3;2*1H4/t9-,10?,11?,12-,13-,14-,15-,16-;8-,9?,10-,11+;6-,7?,8-,9+;;;/m100.../s1. The predicted octanol–water partition coefficient (Wildman–Crippen LogP) is 2.57. The zero-order valence-corrected chi connectivity index (χ0v) is 39.6. The average Bonchev–Trinajstić information content (AvgIpc) is 3.89. The van der Waals surface area contributed by atoms with Crippen LogP contribution in [-0.2, 0) is 75.9 Å². The molecule has 4 aliphatic rings. The fraction of sp³-hybridized carbons (Fsp3) is 1.00. The van der Waals surface area contributed by atoms with Gasteiger partial charge in [-0.2, -0.15) is 5.06 Å². The number of nitrogens with zero attached hydrogens (tertiary/aromatic N) is 1. The summed E-state index contributed by atoms with van der Waals surface area (Å²) in [7, 11) is 30.2. The van der Waals surface area contributed by atoms with Gasteiger partial charge >= 0.3 is 0 Å². The summed E-state index contributed by atoms with van der Waals surface area (Å²) >= 11 is 2.29. The van der Waals surface area contributed by atoms with Crippen molar-refractivity contribution in [3.8, 4) is 0 Å². The van der Waals surface area contributed by atoms with E-state index in [4.69, 9.17) is 91.6 Å². The Kier molecular flexibility index (Phi) is 36.8. The molecule has 0 saturated carbocycles. The van der Waals surface area contributed by atoms with E-state index in [9.17, 15) is 0 Å². The fourth-order valence-corrected chi connectivity index (χ4v) is 7.50. The van der Waals surface area contributed by atoms with Gasteiger partial charge in [0.15, 0.2) is 0 Å². The second-order valence-electron chi connectivity index (χ2n) is 14.0. The van der Waals surface area contributed by atoms with Crippen LogP contribution in [0.3, 0.4) is 0 Å². The van der Waals surface area contributed by atoms with Crippen molar-refractivity contribution >= 4 is 38.3 Å². The van der Waals surface area contributed by atoms with E-state index < -0.39 is 12.0 Å². The number of hydrogen-bond acceptors (Lipinski definition) is 17. The molecule has 0 bridgehead atoms. The van der Waals surface area contributed by atoms with E-state index in [1.807, 2.05) is 20.9 Å². The molecule has 0 amide bonds. The Labute approximate surface area is 379 Å². The average molecular weight is 982 g/mol. The van der Waals surface area contributed by atoms with Crippen molar-refractivity contribution in [3.63, 3.8) is 0 Å². The highest BCUT2D eigenvalue weighted by atomic mass is 127. The second kappa shape index (κ2) is 35.4. The van der Waals surface area contributed by atoms with Gasteiger partial charge in [0.25, 0.3) is 0 Å². The Balaban J connectivity index is 0. The first-order chi connectivity index (χ1) is 27.9.